The second-order valence-corrected chi connectivity index (χ2v) is 8.15. The molecule has 0 saturated carbocycles. The molecule has 0 aliphatic carbocycles. The minimum Gasteiger partial charge on any atom is -0.495 e. The van der Waals surface area contributed by atoms with E-state index in [1.165, 1.54) is 13.2 Å². The summed E-state index contributed by atoms with van der Waals surface area (Å²) in [5.74, 6) is 0.625. The lowest BCUT2D eigenvalue weighted by molar-refractivity contribution is 0.122. The van der Waals surface area contributed by atoms with Crippen LogP contribution in [0.2, 0.25) is 0 Å². The molecular weight excluding hydrogens is 401 g/mol. The monoisotopic (exact) mass is 425 g/mol. The molecule has 0 radical (unpaired) electrons. The van der Waals surface area contributed by atoms with Crippen molar-refractivity contribution in [3.63, 3.8) is 0 Å². The van der Waals surface area contributed by atoms with E-state index in [0.29, 0.717) is 19.2 Å². The highest BCUT2D eigenvalue weighted by molar-refractivity contribution is 7.89. The van der Waals surface area contributed by atoms with Gasteiger partial charge in [0, 0.05) is 37.9 Å². The highest BCUT2D eigenvalue weighted by atomic mass is 32.2. The van der Waals surface area contributed by atoms with Gasteiger partial charge in [0.15, 0.2) is 0 Å². The minimum atomic E-state index is -3.93. The van der Waals surface area contributed by atoms with E-state index in [2.05, 4.69) is 24.9 Å². The van der Waals surface area contributed by atoms with E-state index in [-0.39, 0.29) is 23.7 Å². The van der Waals surface area contributed by atoms with Crippen LogP contribution in [-0.2, 0) is 14.8 Å². The number of ether oxygens (including phenoxy) is 2. The molecule has 29 heavy (non-hydrogen) atoms. The number of anilines is 2. The summed E-state index contributed by atoms with van der Waals surface area (Å²) in [7, 11) is -2.60. The topological polar surface area (TPSA) is 106 Å². The first-order valence-electron chi connectivity index (χ1n) is 9.14. The molecule has 0 amide bonds. The zero-order chi connectivity index (χ0) is 20.9. The molecule has 0 bridgehead atoms. The molecule has 9 nitrogen and oxygen atoms in total. The van der Waals surface area contributed by atoms with Gasteiger partial charge in [-0.1, -0.05) is 0 Å². The smallest absolute Gasteiger partial charge is 0.244 e. The van der Waals surface area contributed by atoms with E-state index in [9.17, 15) is 12.8 Å². The van der Waals surface area contributed by atoms with Gasteiger partial charge in [-0.05, 0) is 25.1 Å². The Morgan fingerprint density at radius 1 is 1.21 bits per heavy atom. The molecule has 2 aromatic rings. The van der Waals surface area contributed by atoms with Crippen molar-refractivity contribution in [2.45, 2.75) is 11.8 Å². The predicted molar refractivity (Wildman–Crippen MR) is 106 cm³/mol. The number of benzene rings is 1. The summed E-state index contributed by atoms with van der Waals surface area (Å²) in [6.45, 7) is 5.00. The maximum Gasteiger partial charge on any atom is 0.244 e. The van der Waals surface area contributed by atoms with Gasteiger partial charge in [0.2, 0.25) is 16.0 Å². The maximum absolute atomic E-state index is 13.5. The molecule has 1 fully saturated rings. The SMILES string of the molecule is COc1ccc(F)cc1S(=O)(=O)NCCNc1nc(C)cc(N2CCOCC2)n1. The molecule has 1 aromatic carbocycles. The van der Waals surface area contributed by atoms with Crippen LogP contribution >= 0.6 is 0 Å². The van der Waals surface area contributed by atoms with Gasteiger partial charge in [-0.25, -0.2) is 22.5 Å². The number of hydrogen-bond donors (Lipinski definition) is 2. The number of rotatable bonds is 8. The second kappa shape index (κ2) is 9.33. The number of nitrogens with one attached hydrogen (secondary N) is 2. The number of aromatic nitrogens is 2. The largest absolute Gasteiger partial charge is 0.495 e. The third-order valence-corrected chi connectivity index (χ3v) is 5.77. The Morgan fingerprint density at radius 2 is 1.97 bits per heavy atom. The van der Waals surface area contributed by atoms with Crippen molar-refractivity contribution < 1.29 is 22.3 Å². The molecule has 1 aliphatic rings. The van der Waals surface area contributed by atoms with Gasteiger partial charge in [0.25, 0.3) is 0 Å². The van der Waals surface area contributed by atoms with Crippen LogP contribution in [0, 0.1) is 12.7 Å². The number of morpholine rings is 1. The van der Waals surface area contributed by atoms with E-state index in [4.69, 9.17) is 9.47 Å². The molecule has 0 atom stereocenters. The summed E-state index contributed by atoms with van der Waals surface area (Å²) >= 11 is 0. The Hall–Kier alpha value is -2.50. The van der Waals surface area contributed by atoms with Crippen molar-refractivity contribution in [1.82, 2.24) is 14.7 Å². The Bertz CT molecular complexity index is 951. The molecule has 2 N–H and O–H groups in total. The fourth-order valence-corrected chi connectivity index (χ4v) is 4.09. The van der Waals surface area contributed by atoms with Crippen molar-refractivity contribution in [2.24, 2.45) is 0 Å². The fourth-order valence-electron chi connectivity index (χ4n) is 2.88. The fraction of sp³-hybridized carbons (Fsp3) is 0.444. The standard InChI is InChI=1S/C18H24FN5O4S/c1-13-11-17(24-7-9-28-10-8-24)23-18(22-13)20-5-6-21-29(25,26)16-12-14(19)3-4-15(16)27-2/h3-4,11-12,21H,5-10H2,1-2H3,(H,20,22,23). The van der Waals surface area contributed by atoms with Gasteiger partial charge in [0.1, 0.15) is 22.3 Å². The normalized spacial score (nSPS) is 14.7. The third kappa shape index (κ3) is 5.52. The first kappa shape index (κ1) is 21.2. The Morgan fingerprint density at radius 3 is 2.69 bits per heavy atom. The Labute approximate surface area is 169 Å². The highest BCUT2D eigenvalue weighted by Crippen LogP contribution is 2.24. The number of halogens is 1. The maximum atomic E-state index is 13.5. The molecule has 1 saturated heterocycles. The average Bonchev–Trinajstić information content (AvgIpc) is 2.71. The zero-order valence-corrected chi connectivity index (χ0v) is 17.1. The van der Waals surface area contributed by atoms with Crippen LogP contribution in [0.1, 0.15) is 5.69 Å². The van der Waals surface area contributed by atoms with E-state index >= 15 is 0 Å². The van der Waals surface area contributed by atoms with E-state index in [1.54, 1.807) is 0 Å². The van der Waals surface area contributed by atoms with Crippen molar-refractivity contribution in [1.29, 1.82) is 0 Å². The summed E-state index contributed by atoms with van der Waals surface area (Å²) in [5.41, 5.74) is 0.800. The summed E-state index contributed by atoms with van der Waals surface area (Å²) in [6, 6.07) is 5.23. The van der Waals surface area contributed by atoms with E-state index in [1.807, 2.05) is 13.0 Å². The third-order valence-electron chi connectivity index (χ3n) is 4.29. The van der Waals surface area contributed by atoms with E-state index in [0.717, 1.165) is 36.7 Å². The molecule has 1 aromatic heterocycles. The lowest BCUT2D eigenvalue weighted by Gasteiger charge is -2.28. The summed E-state index contributed by atoms with van der Waals surface area (Å²) < 4.78 is 51.2. The lowest BCUT2D eigenvalue weighted by atomic mass is 10.3. The van der Waals surface area contributed by atoms with Crippen LogP contribution in [0.5, 0.6) is 5.75 Å². The van der Waals surface area contributed by atoms with Crippen molar-refractivity contribution in [3.05, 3.63) is 35.8 Å². The second-order valence-electron chi connectivity index (χ2n) is 6.41. The average molecular weight is 425 g/mol. The van der Waals surface area contributed by atoms with Gasteiger partial charge in [-0.3, -0.25) is 0 Å². The van der Waals surface area contributed by atoms with E-state index < -0.39 is 15.8 Å². The van der Waals surface area contributed by atoms with Crippen molar-refractivity contribution >= 4 is 21.8 Å². The van der Waals surface area contributed by atoms with Crippen LogP contribution in [0.3, 0.4) is 0 Å². The van der Waals surface area contributed by atoms with Crippen LogP contribution in [-0.4, -0.2) is 64.9 Å². The molecular formula is C18H24FN5O4S. The summed E-state index contributed by atoms with van der Waals surface area (Å²) in [6.07, 6.45) is 0. The van der Waals surface area contributed by atoms with Crippen LogP contribution in [0.15, 0.2) is 29.2 Å². The number of methoxy groups -OCH3 is 1. The number of nitrogens with zero attached hydrogens (tertiary/aromatic N) is 3. The van der Waals surface area contributed by atoms with Gasteiger partial charge >= 0.3 is 0 Å². The molecule has 11 heteroatoms. The number of hydrogen-bond acceptors (Lipinski definition) is 8. The van der Waals surface area contributed by atoms with Gasteiger partial charge in [-0.15, -0.1) is 0 Å². The molecule has 3 rings (SSSR count). The molecule has 158 valence electrons. The first-order chi connectivity index (χ1) is 13.9. The highest BCUT2D eigenvalue weighted by Gasteiger charge is 2.20. The van der Waals surface area contributed by atoms with Crippen molar-refractivity contribution in [3.8, 4) is 5.75 Å². The van der Waals surface area contributed by atoms with Gasteiger partial charge in [-0.2, -0.15) is 4.98 Å². The quantitative estimate of drug-likeness (QED) is 0.607. The molecule has 0 spiro atoms. The number of sulfonamides is 1. The molecule has 1 aliphatic heterocycles. The van der Waals surface area contributed by atoms with Gasteiger partial charge in [0.05, 0.1) is 20.3 Å². The van der Waals surface area contributed by atoms with Crippen LogP contribution in [0.4, 0.5) is 16.2 Å². The number of aryl methyl sites for hydroxylation is 1. The summed E-state index contributed by atoms with van der Waals surface area (Å²) in [4.78, 5) is 10.7. The summed E-state index contributed by atoms with van der Waals surface area (Å²) in [5, 5.41) is 3.02. The first-order valence-corrected chi connectivity index (χ1v) is 10.6. The predicted octanol–water partition coefficient (Wildman–Crippen LogP) is 1.16. The van der Waals surface area contributed by atoms with Gasteiger partial charge < -0.3 is 19.7 Å². The Kier molecular flexibility index (Phi) is 6.83. The van der Waals surface area contributed by atoms with Crippen molar-refractivity contribution in [2.75, 3.05) is 56.7 Å². The molecule has 2 heterocycles. The minimum absolute atomic E-state index is 0.0617. The lowest BCUT2D eigenvalue weighted by Crippen LogP contribution is -2.37. The zero-order valence-electron chi connectivity index (χ0n) is 16.3. The van der Waals surface area contributed by atoms with Crippen LogP contribution in [0.25, 0.3) is 0 Å². The Balaban J connectivity index is 1.60. The van der Waals surface area contributed by atoms with Crippen LogP contribution < -0.4 is 19.7 Å². The molecule has 0 unspecified atom stereocenters.